The van der Waals surface area contributed by atoms with Crippen molar-refractivity contribution in [1.29, 1.82) is 0 Å². The Morgan fingerprint density at radius 2 is 1.68 bits per heavy atom. The maximum Gasteiger partial charge on any atom is 0.481 e. The Hall–Kier alpha value is -4.77. The molecule has 12 N–H and O–H groups in total. The number of phosphoric ester groups is 3. The monoisotopic (exact) mass is 1170 g/mol. The number of carbonyl (C=O) groups is 4. The summed E-state index contributed by atoms with van der Waals surface area (Å²) in [6, 6.07) is 17.0. The van der Waals surface area contributed by atoms with Gasteiger partial charge in [-0.2, -0.15) is 4.31 Å². The third kappa shape index (κ3) is 17.4. The van der Waals surface area contributed by atoms with Crippen LogP contribution in [-0.2, 0) is 67.3 Å². The van der Waals surface area contributed by atoms with Gasteiger partial charge in [-0.3, -0.25) is 37.3 Å². The van der Waals surface area contributed by atoms with Crippen LogP contribution in [0.4, 0.5) is 5.82 Å². The van der Waals surface area contributed by atoms with Crippen LogP contribution >= 0.6 is 35.2 Å². The number of piperidine rings is 1. The molecule has 0 spiro atoms. The molecular weight excluding hydrogens is 1110 g/mol. The summed E-state index contributed by atoms with van der Waals surface area (Å²) >= 11 is 0.920. The Morgan fingerprint density at radius 3 is 2.37 bits per heavy atom. The first-order valence-corrected chi connectivity index (χ1v) is 29.9. The van der Waals surface area contributed by atoms with Gasteiger partial charge in [-0.15, -0.1) is 0 Å². The number of aliphatic hydroxyl groups is 2. The Balaban J connectivity index is 0.880. The van der Waals surface area contributed by atoms with Gasteiger partial charge in [0.25, 0.3) is 0 Å². The third-order valence-electron chi connectivity index (χ3n) is 13.4. The number of nitrogens with one attached hydrogen (secondary N) is 3. The number of aliphatic hydroxyl groups excluding tert-OH is 2. The molecule has 3 amide bonds. The quantitative estimate of drug-likeness (QED) is 0.0299. The van der Waals surface area contributed by atoms with E-state index in [1.807, 2.05) is 48.5 Å². The molecule has 0 radical (unpaired) electrons. The molecule has 2 fully saturated rings. The molecule has 2 aromatic carbocycles. The molecule has 78 heavy (non-hydrogen) atoms. The Morgan fingerprint density at radius 1 is 0.962 bits per heavy atom. The van der Waals surface area contributed by atoms with Gasteiger partial charge in [-0.05, 0) is 54.0 Å². The van der Waals surface area contributed by atoms with Gasteiger partial charge in [0.2, 0.25) is 22.8 Å². The zero-order valence-electron chi connectivity index (χ0n) is 43.0. The molecule has 2 saturated heterocycles. The van der Waals surface area contributed by atoms with Gasteiger partial charge in [0.1, 0.15) is 42.0 Å². The van der Waals surface area contributed by atoms with Crippen molar-refractivity contribution in [1.82, 2.24) is 40.4 Å². The molecule has 0 bridgehead atoms. The summed E-state index contributed by atoms with van der Waals surface area (Å²) in [4.78, 5) is 105. The molecule has 0 aliphatic carbocycles. The van der Waals surface area contributed by atoms with E-state index in [-0.39, 0.29) is 76.9 Å². The smallest absolute Gasteiger partial charge is 0.481 e. The zero-order valence-corrected chi connectivity index (χ0v) is 46.5. The lowest BCUT2D eigenvalue weighted by Crippen LogP contribution is -2.50. The zero-order chi connectivity index (χ0) is 57.2. The number of benzene rings is 2. The molecule has 7 unspecified atom stereocenters. The van der Waals surface area contributed by atoms with Gasteiger partial charge in [0.05, 0.1) is 32.0 Å². The van der Waals surface area contributed by atoms with Crippen LogP contribution in [0.25, 0.3) is 11.2 Å². The van der Waals surface area contributed by atoms with Crippen molar-refractivity contribution < 1.29 is 90.4 Å². The van der Waals surface area contributed by atoms with Crippen LogP contribution in [-0.4, -0.2) is 165 Å². The number of carbonyl (C=O) groups excluding carboxylic acids is 4. The number of nitrogens with zero attached hydrogens (tertiary/aromatic N) is 5. The first-order chi connectivity index (χ1) is 36.6. The SMILES string of the molecule is C[C@H]1CN(C[C@H](Cc2ccccc2)C(=O)NCC(=O)SCCNC(=O)CCNC(=O)C(O)C(C)(C)COP(=O)(O)OP(=O)(O)OCC2OC(n3cnc4c(N)ncnc43)C(O)C2OP(=O)(O)O)CC[C@@]1(C)c1cccc(O)c1. The molecule has 0 saturated carbocycles. The van der Waals surface area contributed by atoms with Gasteiger partial charge in [0, 0.05) is 43.8 Å². The lowest BCUT2D eigenvalue weighted by atomic mass is 9.68. The fourth-order valence-electron chi connectivity index (χ4n) is 8.87. The van der Waals surface area contributed by atoms with Crippen LogP contribution in [0.1, 0.15) is 57.9 Å². The standard InChI is InChI=1S/C46H66N9O19P3S/c1-28-22-54(17-14-46(28,4)31-11-8-12-32(56)20-31)23-30(19-29-9-6-5-7-10-29)42(61)50-21-35(58)78-18-16-48-34(57)13-15-49-43(62)39(60)45(2,3)25-71-77(68,69)74-76(66,67)70-24-33-38(73-75(63,64)65)37(59)44(72-33)55-27-53-36-40(47)51-26-52-41(36)55/h5-12,20,26-28,30,33,37-39,44,56,59-60H,13-19,21-25H2,1-4H3,(H,48,57)(H,49,62)(H,50,61)(H,66,67)(H,68,69)(H2,47,51,52)(H2,63,64,65)/t28-,30-,33?,37?,38?,39?,44?,46+/m0/s1. The minimum atomic E-state index is -5.62. The second-order valence-electron chi connectivity index (χ2n) is 19.8. The van der Waals surface area contributed by atoms with Gasteiger partial charge in [-0.1, -0.05) is 81.9 Å². The summed E-state index contributed by atoms with van der Waals surface area (Å²) in [7, 11) is -16.5. The first-order valence-electron chi connectivity index (χ1n) is 24.4. The normalized spacial score (nSPS) is 23.4. The van der Waals surface area contributed by atoms with Crippen LogP contribution in [0.5, 0.6) is 5.75 Å². The number of imidazole rings is 1. The Labute approximate surface area is 452 Å². The van der Waals surface area contributed by atoms with E-state index in [4.69, 9.17) is 19.5 Å². The lowest BCUT2D eigenvalue weighted by molar-refractivity contribution is -0.137. The highest BCUT2D eigenvalue weighted by Crippen LogP contribution is 2.61. The number of phenols is 1. The molecule has 28 nitrogen and oxygen atoms in total. The van der Waals surface area contributed by atoms with Gasteiger partial charge in [0.15, 0.2) is 17.7 Å². The van der Waals surface area contributed by atoms with E-state index in [1.54, 1.807) is 6.07 Å². The van der Waals surface area contributed by atoms with Crippen molar-refractivity contribution in [3.8, 4) is 5.75 Å². The minimum absolute atomic E-state index is 0.0190. The largest absolute Gasteiger partial charge is 0.508 e. The second-order valence-corrected chi connectivity index (χ2v) is 25.2. The van der Waals surface area contributed by atoms with Crippen LogP contribution < -0.4 is 21.7 Å². The van der Waals surface area contributed by atoms with Crippen molar-refractivity contribution in [3.05, 3.63) is 78.4 Å². The fourth-order valence-corrected chi connectivity index (χ4v) is 12.3. The summed E-state index contributed by atoms with van der Waals surface area (Å²) < 4.78 is 62.7. The van der Waals surface area contributed by atoms with Crippen LogP contribution in [0.15, 0.2) is 67.3 Å². The average Bonchev–Trinajstić information content (AvgIpc) is 4.01. The number of fused-ring (bicyclic) bond motifs is 1. The van der Waals surface area contributed by atoms with Crippen LogP contribution in [0.3, 0.4) is 0 Å². The lowest BCUT2D eigenvalue weighted by Gasteiger charge is -2.45. The number of rotatable bonds is 27. The summed E-state index contributed by atoms with van der Waals surface area (Å²) in [5.74, 6) is -1.64. The highest BCUT2D eigenvalue weighted by atomic mass is 32.2. The topological polar surface area (TPSA) is 416 Å². The minimum Gasteiger partial charge on any atom is -0.508 e. The van der Waals surface area contributed by atoms with E-state index in [1.165, 1.54) is 13.8 Å². The van der Waals surface area contributed by atoms with Gasteiger partial charge in [-0.25, -0.2) is 28.6 Å². The number of thioether (sulfide) groups is 1. The number of anilines is 1. The molecule has 4 aromatic rings. The highest BCUT2D eigenvalue weighted by Gasteiger charge is 2.50. The van der Waals surface area contributed by atoms with Crippen molar-refractivity contribution in [2.75, 3.05) is 64.0 Å². The average molecular weight is 1170 g/mol. The number of nitrogens with two attached hydrogens (primary N) is 1. The molecule has 2 aliphatic heterocycles. The molecule has 32 heteroatoms. The van der Waals surface area contributed by atoms with E-state index in [2.05, 4.69) is 58.5 Å². The first kappa shape index (κ1) is 62.4. The number of hydrogen-bond acceptors (Lipinski definition) is 21. The molecule has 2 aromatic heterocycles. The number of phosphoric acid groups is 3. The molecular formula is C46H66N9O19P3S. The predicted octanol–water partition coefficient (Wildman–Crippen LogP) is 1.65. The summed E-state index contributed by atoms with van der Waals surface area (Å²) in [6.07, 6.45) is -5.83. The maximum atomic E-state index is 13.6. The number of likely N-dealkylation sites (tertiary alicyclic amines) is 1. The Kier molecular flexibility index (Phi) is 21.3. The molecule has 2 aliphatic rings. The number of aromatic hydroxyl groups is 1. The summed E-state index contributed by atoms with van der Waals surface area (Å²) in [6.45, 7) is 6.34. The van der Waals surface area contributed by atoms with Gasteiger partial charge < -0.3 is 66.2 Å². The maximum absolute atomic E-state index is 13.6. The summed E-state index contributed by atoms with van der Waals surface area (Å²) in [5, 5.41) is 39.3. The fraction of sp³-hybridized carbons (Fsp3) is 0.543. The van der Waals surface area contributed by atoms with Crippen molar-refractivity contribution in [3.63, 3.8) is 0 Å². The van der Waals surface area contributed by atoms with Crippen molar-refractivity contribution >= 4 is 75.0 Å². The van der Waals surface area contributed by atoms with E-state index in [0.29, 0.717) is 13.0 Å². The second kappa shape index (κ2) is 26.7. The van der Waals surface area contributed by atoms with E-state index in [9.17, 15) is 67.8 Å². The number of aromatic nitrogens is 4. The van der Waals surface area contributed by atoms with Crippen LogP contribution in [0, 0.1) is 17.3 Å². The molecule has 10 atom stereocenters. The van der Waals surface area contributed by atoms with E-state index < -0.39 is 90.5 Å². The van der Waals surface area contributed by atoms with Gasteiger partial charge >= 0.3 is 23.5 Å². The highest BCUT2D eigenvalue weighted by molar-refractivity contribution is 8.13. The third-order valence-corrected chi connectivity index (χ3v) is 17.4. The number of hydrogen-bond donors (Lipinski definition) is 11. The van der Waals surface area contributed by atoms with E-state index >= 15 is 0 Å². The number of nitrogen functional groups attached to an aromatic ring is 1. The number of phenolic OH excluding ortho intramolecular Hbond substituents is 1. The van der Waals surface area contributed by atoms with E-state index in [0.717, 1.165) is 59.6 Å². The molecule has 6 rings (SSSR count). The number of amides is 3. The van der Waals surface area contributed by atoms with Crippen molar-refractivity contribution in [2.45, 2.75) is 83.0 Å². The predicted molar refractivity (Wildman–Crippen MR) is 279 cm³/mol. The summed E-state index contributed by atoms with van der Waals surface area (Å²) in [5.41, 5.74) is 6.12. The number of ether oxygens (including phenoxy) is 1. The van der Waals surface area contributed by atoms with Crippen LogP contribution in [0.2, 0.25) is 0 Å². The Bertz CT molecular complexity index is 2890. The van der Waals surface area contributed by atoms with Crippen molar-refractivity contribution in [2.24, 2.45) is 17.3 Å². The molecule has 4 heterocycles. The molecule has 430 valence electrons.